The number of hydrogen-bond acceptors (Lipinski definition) is 7. The van der Waals surface area contributed by atoms with E-state index in [0.717, 1.165) is 34.8 Å². The fourth-order valence-electron chi connectivity index (χ4n) is 3.80. The van der Waals surface area contributed by atoms with E-state index in [4.69, 9.17) is 10.6 Å². The first-order valence-electron chi connectivity index (χ1n) is 11.9. The van der Waals surface area contributed by atoms with Crippen LogP contribution in [0.2, 0.25) is 0 Å². The van der Waals surface area contributed by atoms with Gasteiger partial charge in [-0.15, -0.1) is 10.2 Å². The van der Waals surface area contributed by atoms with Crippen molar-refractivity contribution in [3.05, 3.63) is 59.4 Å². The number of nitrogens with one attached hydrogen (secondary N) is 1. The second-order valence-corrected chi connectivity index (χ2v) is 9.96. The highest BCUT2D eigenvalue weighted by Gasteiger charge is 2.15. The molecule has 9 heteroatoms. The quantitative estimate of drug-likeness (QED) is 0.286. The van der Waals surface area contributed by atoms with E-state index in [1.54, 1.807) is 0 Å². The van der Waals surface area contributed by atoms with Crippen LogP contribution in [0.3, 0.4) is 0 Å². The van der Waals surface area contributed by atoms with Gasteiger partial charge in [-0.3, -0.25) is 4.79 Å². The minimum Gasteiger partial charge on any atom is -0.485 e. The number of ether oxygens (including phenoxy) is 1. The predicted molar refractivity (Wildman–Crippen MR) is 144 cm³/mol. The van der Waals surface area contributed by atoms with Crippen molar-refractivity contribution in [2.45, 2.75) is 65.3 Å². The van der Waals surface area contributed by atoms with Crippen LogP contribution in [0.25, 0.3) is 0 Å². The number of rotatable bonds is 11. The molecule has 0 aliphatic rings. The number of nitrogens with zero attached hydrogens (tertiary/aromatic N) is 4. The smallest absolute Gasteiger partial charge is 0.234 e. The summed E-state index contributed by atoms with van der Waals surface area (Å²) >= 11 is 1.23. The molecule has 1 amide bonds. The molecule has 3 aromatic rings. The lowest BCUT2D eigenvalue weighted by molar-refractivity contribution is -0.113. The van der Waals surface area contributed by atoms with E-state index in [-0.39, 0.29) is 18.3 Å². The minimum absolute atomic E-state index is 0.138. The maximum Gasteiger partial charge on any atom is 0.234 e. The SMILES string of the molecule is CCN(c1ccc(NC(=O)CSc2nnc(COc3cc(C)ccc3C(C)C)n2N)cc1)C(C)C. The molecule has 0 saturated carbocycles. The zero-order valence-corrected chi connectivity index (χ0v) is 22.2. The van der Waals surface area contributed by atoms with Crippen molar-refractivity contribution in [2.24, 2.45) is 0 Å². The van der Waals surface area contributed by atoms with E-state index >= 15 is 0 Å². The molecule has 0 aliphatic heterocycles. The zero-order chi connectivity index (χ0) is 25.5. The van der Waals surface area contributed by atoms with Crippen LogP contribution in [0.1, 0.15) is 57.5 Å². The first-order valence-corrected chi connectivity index (χ1v) is 12.9. The number of anilines is 2. The van der Waals surface area contributed by atoms with Gasteiger partial charge >= 0.3 is 0 Å². The molecule has 0 aliphatic carbocycles. The van der Waals surface area contributed by atoms with Gasteiger partial charge in [0.2, 0.25) is 11.1 Å². The van der Waals surface area contributed by atoms with Crippen LogP contribution in [-0.4, -0.2) is 39.1 Å². The van der Waals surface area contributed by atoms with Crippen LogP contribution in [0.5, 0.6) is 5.75 Å². The van der Waals surface area contributed by atoms with Crippen molar-refractivity contribution in [3.63, 3.8) is 0 Å². The van der Waals surface area contributed by atoms with Crippen molar-refractivity contribution in [3.8, 4) is 5.75 Å². The number of nitrogens with two attached hydrogens (primary N) is 1. The lowest BCUT2D eigenvalue weighted by Gasteiger charge is -2.27. The van der Waals surface area contributed by atoms with Gasteiger partial charge in [-0.25, -0.2) is 4.68 Å². The van der Waals surface area contributed by atoms with Gasteiger partial charge in [0, 0.05) is 24.0 Å². The molecule has 0 radical (unpaired) electrons. The number of carbonyl (C=O) groups is 1. The number of hydrogen-bond donors (Lipinski definition) is 2. The molecule has 0 saturated heterocycles. The standard InChI is InChI=1S/C26H36N6O2S/c1-7-31(18(4)5)21-11-9-20(10-12-21)28-25(33)16-35-26-30-29-24(32(26)27)15-34-23-14-19(6)8-13-22(23)17(2)3/h8-14,17-18H,7,15-16,27H2,1-6H3,(H,28,33). The monoisotopic (exact) mass is 496 g/mol. The summed E-state index contributed by atoms with van der Waals surface area (Å²) in [5.74, 6) is 7.84. The summed E-state index contributed by atoms with van der Waals surface area (Å²) in [5, 5.41) is 11.6. The lowest BCUT2D eigenvalue weighted by Crippen LogP contribution is -2.30. The van der Waals surface area contributed by atoms with E-state index in [1.165, 1.54) is 16.4 Å². The number of carbonyl (C=O) groups excluding carboxylic acids is 1. The normalized spacial score (nSPS) is 11.2. The number of thioether (sulfide) groups is 1. The van der Waals surface area contributed by atoms with Crippen LogP contribution < -0.4 is 20.8 Å². The highest BCUT2D eigenvalue weighted by molar-refractivity contribution is 7.99. The molecule has 2 aromatic carbocycles. The van der Waals surface area contributed by atoms with Crippen molar-refractivity contribution in [1.82, 2.24) is 14.9 Å². The lowest BCUT2D eigenvalue weighted by atomic mass is 10.0. The average molecular weight is 497 g/mol. The van der Waals surface area contributed by atoms with Gasteiger partial charge in [0.25, 0.3) is 0 Å². The molecule has 1 heterocycles. The van der Waals surface area contributed by atoms with Gasteiger partial charge in [-0.2, -0.15) is 0 Å². The molecule has 0 unspecified atom stereocenters. The molecule has 35 heavy (non-hydrogen) atoms. The minimum atomic E-state index is -0.138. The number of amides is 1. The van der Waals surface area contributed by atoms with Gasteiger partial charge in [0.15, 0.2) is 5.82 Å². The zero-order valence-electron chi connectivity index (χ0n) is 21.4. The fourth-order valence-corrected chi connectivity index (χ4v) is 4.47. The van der Waals surface area contributed by atoms with E-state index in [9.17, 15) is 4.79 Å². The number of nitrogen functional groups attached to an aromatic ring is 1. The predicted octanol–water partition coefficient (Wildman–Crippen LogP) is 4.97. The maximum atomic E-state index is 12.5. The molecule has 0 spiro atoms. The summed E-state index contributed by atoms with van der Waals surface area (Å²) in [5.41, 5.74) is 4.14. The molecule has 188 valence electrons. The Morgan fingerprint density at radius 3 is 2.49 bits per heavy atom. The molecule has 0 fully saturated rings. The summed E-state index contributed by atoms with van der Waals surface area (Å²) in [4.78, 5) is 14.8. The second-order valence-electron chi connectivity index (χ2n) is 9.02. The van der Waals surface area contributed by atoms with Crippen LogP contribution in [0, 0.1) is 6.92 Å². The van der Waals surface area contributed by atoms with Crippen LogP contribution >= 0.6 is 11.8 Å². The van der Waals surface area contributed by atoms with Gasteiger partial charge in [-0.05, 0) is 75.1 Å². The number of aryl methyl sites for hydroxylation is 1. The molecular formula is C26H36N6O2S. The summed E-state index contributed by atoms with van der Waals surface area (Å²) in [7, 11) is 0. The first kappa shape index (κ1) is 26.4. The van der Waals surface area contributed by atoms with Crippen molar-refractivity contribution >= 4 is 29.0 Å². The van der Waals surface area contributed by atoms with Gasteiger partial charge in [0.05, 0.1) is 5.75 Å². The molecular weight excluding hydrogens is 460 g/mol. The Morgan fingerprint density at radius 2 is 1.86 bits per heavy atom. The van der Waals surface area contributed by atoms with Crippen LogP contribution in [0.15, 0.2) is 47.6 Å². The Hall–Kier alpha value is -3.20. The highest BCUT2D eigenvalue weighted by Crippen LogP contribution is 2.28. The average Bonchev–Trinajstić information content (AvgIpc) is 3.16. The third-order valence-corrected chi connectivity index (χ3v) is 6.61. The first-order chi connectivity index (χ1) is 16.7. The fraction of sp³-hybridized carbons (Fsp3) is 0.423. The van der Waals surface area contributed by atoms with Gasteiger partial charge in [-0.1, -0.05) is 37.7 Å². The Kier molecular flexibility index (Phi) is 9.03. The summed E-state index contributed by atoms with van der Waals surface area (Å²) in [6.07, 6.45) is 0. The second kappa shape index (κ2) is 12.0. The summed E-state index contributed by atoms with van der Waals surface area (Å²) in [6, 6.07) is 14.5. The maximum absolute atomic E-state index is 12.5. The molecule has 3 N–H and O–H groups in total. The molecule has 1 aromatic heterocycles. The molecule has 0 bridgehead atoms. The van der Waals surface area contributed by atoms with Crippen molar-refractivity contribution < 1.29 is 9.53 Å². The third-order valence-electron chi connectivity index (χ3n) is 5.66. The third kappa shape index (κ3) is 6.91. The Labute approximate surface area is 212 Å². The number of aromatic nitrogens is 3. The van der Waals surface area contributed by atoms with E-state index < -0.39 is 0 Å². The topological polar surface area (TPSA) is 98.3 Å². The van der Waals surface area contributed by atoms with Gasteiger partial charge in [0.1, 0.15) is 12.4 Å². The van der Waals surface area contributed by atoms with Crippen LogP contribution in [0.4, 0.5) is 11.4 Å². The van der Waals surface area contributed by atoms with E-state index in [1.807, 2.05) is 37.3 Å². The van der Waals surface area contributed by atoms with Crippen LogP contribution in [-0.2, 0) is 11.4 Å². The van der Waals surface area contributed by atoms with Crippen molar-refractivity contribution in [1.29, 1.82) is 0 Å². The van der Waals surface area contributed by atoms with Gasteiger partial charge < -0.3 is 20.8 Å². The number of benzene rings is 2. The Morgan fingerprint density at radius 1 is 1.14 bits per heavy atom. The molecule has 0 atom stereocenters. The largest absolute Gasteiger partial charge is 0.485 e. The van der Waals surface area contributed by atoms with E-state index in [2.05, 4.69) is 67.2 Å². The summed E-state index contributed by atoms with van der Waals surface area (Å²) in [6.45, 7) is 13.9. The summed E-state index contributed by atoms with van der Waals surface area (Å²) < 4.78 is 7.40. The van der Waals surface area contributed by atoms with E-state index in [0.29, 0.717) is 22.9 Å². The molecule has 8 nitrogen and oxygen atoms in total. The molecule has 3 rings (SSSR count). The Bertz CT molecular complexity index is 1130. The van der Waals surface area contributed by atoms with Crippen molar-refractivity contribution in [2.75, 3.05) is 28.4 Å². The Balaban J connectivity index is 1.55. The highest BCUT2D eigenvalue weighted by atomic mass is 32.2.